The van der Waals surface area contributed by atoms with E-state index in [0.29, 0.717) is 18.4 Å². The summed E-state index contributed by atoms with van der Waals surface area (Å²) in [6, 6.07) is 3.71. The molecule has 0 radical (unpaired) electrons. The maximum Gasteiger partial charge on any atom is 0.231 e. The maximum atomic E-state index is 5.39. The number of hydrogen-bond acceptors (Lipinski definition) is 4. The number of pyridine rings is 1. The predicted molar refractivity (Wildman–Crippen MR) is 55.6 cm³/mol. The van der Waals surface area contributed by atoms with Gasteiger partial charge in [-0.3, -0.25) is 0 Å². The van der Waals surface area contributed by atoms with Crippen LogP contribution in [0.2, 0.25) is 0 Å². The van der Waals surface area contributed by atoms with Crippen molar-refractivity contribution in [2.24, 2.45) is 0 Å². The van der Waals surface area contributed by atoms with Gasteiger partial charge in [0.2, 0.25) is 11.8 Å². The number of ether oxygens (including phenoxy) is 1. The molecule has 0 aliphatic carbocycles. The van der Waals surface area contributed by atoms with Gasteiger partial charge in [-0.15, -0.1) is 0 Å². The molecule has 78 valence electrons. The van der Waals surface area contributed by atoms with Crippen LogP contribution in [-0.4, -0.2) is 16.6 Å². The summed E-state index contributed by atoms with van der Waals surface area (Å²) in [4.78, 5) is 8.37. The largest absolute Gasteiger partial charge is 0.477 e. The Morgan fingerprint density at radius 3 is 3.00 bits per heavy atom. The van der Waals surface area contributed by atoms with E-state index in [-0.39, 0.29) is 0 Å². The normalized spacial score (nSPS) is 10.3. The first kappa shape index (κ1) is 9.71. The van der Waals surface area contributed by atoms with Crippen molar-refractivity contribution in [2.75, 3.05) is 6.61 Å². The minimum atomic E-state index is 0.545. The fraction of sp³-hybridized carbons (Fsp3) is 0.273. The summed E-state index contributed by atoms with van der Waals surface area (Å²) in [5.41, 5.74) is 1.63. The summed E-state index contributed by atoms with van der Waals surface area (Å²) in [6.07, 6.45) is 3.29. The summed E-state index contributed by atoms with van der Waals surface area (Å²) in [7, 11) is 0. The average molecular weight is 204 g/mol. The summed E-state index contributed by atoms with van der Waals surface area (Å²) < 4.78 is 10.7. The predicted octanol–water partition coefficient (Wildman–Crippen LogP) is 2.44. The van der Waals surface area contributed by atoms with Gasteiger partial charge in [-0.2, -0.15) is 0 Å². The van der Waals surface area contributed by atoms with E-state index in [0.717, 1.165) is 11.3 Å². The minimum absolute atomic E-state index is 0.545. The number of aryl methyl sites for hydroxylation is 1. The lowest BCUT2D eigenvalue weighted by molar-refractivity contribution is 0.327. The number of aromatic nitrogens is 2. The second-order valence-corrected chi connectivity index (χ2v) is 3.08. The van der Waals surface area contributed by atoms with Crippen molar-refractivity contribution >= 4 is 0 Å². The van der Waals surface area contributed by atoms with Crippen molar-refractivity contribution in [3.8, 4) is 17.3 Å². The van der Waals surface area contributed by atoms with Crippen LogP contribution in [0, 0.1) is 6.92 Å². The SMILES string of the molecule is CCOc1ncccc1-c1nc(C)co1. The lowest BCUT2D eigenvalue weighted by Gasteiger charge is -2.04. The molecule has 0 unspecified atom stereocenters. The van der Waals surface area contributed by atoms with E-state index in [1.165, 1.54) is 0 Å². The van der Waals surface area contributed by atoms with Crippen molar-refractivity contribution in [3.63, 3.8) is 0 Å². The molecule has 2 heterocycles. The van der Waals surface area contributed by atoms with Crippen molar-refractivity contribution in [1.82, 2.24) is 9.97 Å². The molecule has 0 bridgehead atoms. The zero-order chi connectivity index (χ0) is 10.7. The zero-order valence-corrected chi connectivity index (χ0v) is 8.73. The molecule has 0 aliphatic heterocycles. The van der Waals surface area contributed by atoms with Crippen molar-refractivity contribution in [1.29, 1.82) is 0 Å². The first-order valence-electron chi connectivity index (χ1n) is 4.81. The smallest absolute Gasteiger partial charge is 0.231 e. The molecule has 15 heavy (non-hydrogen) atoms. The number of nitrogens with zero attached hydrogens (tertiary/aromatic N) is 2. The van der Waals surface area contributed by atoms with E-state index in [1.807, 2.05) is 26.0 Å². The van der Waals surface area contributed by atoms with Crippen LogP contribution in [0.5, 0.6) is 5.88 Å². The zero-order valence-electron chi connectivity index (χ0n) is 8.73. The number of rotatable bonds is 3. The highest BCUT2D eigenvalue weighted by Gasteiger charge is 2.11. The highest BCUT2D eigenvalue weighted by Crippen LogP contribution is 2.26. The minimum Gasteiger partial charge on any atom is -0.477 e. The topological polar surface area (TPSA) is 48.2 Å². The average Bonchev–Trinajstić information content (AvgIpc) is 2.66. The fourth-order valence-electron chi connectivity index (χ4n) is 1.28. The summed E-state index contributed by atoms with van der Waals surface area (Å²) in [5.74, 6) is 1.10. The fourth-order valence-corrected chi connectivity index (χ4v) is 1.28. The third kappa shape index (κ3) is 1.98. The molecule has 4 nitrogen and oxygen atoms in total. The van der Waals surface area contributed by atoms with Crippen LogP contribution < -0.4 is 4.74 Å². The highest BCUT2D eigenvalue weighted by atomic mass is 16.5. The van der Waals surface area contributed by atoms with Gasteiger partial charge in [0.1, 0.15) is 6.26 Å². The number of oxazole rings is 1. The van der Waals surface area contributed by atoms with Gasteiger partial charge in [0.15, 0.2) is 0 Å². The Kier molecular flexibility index (Phi) is 2.67. The molecule has 0 saturated carbocycles. The first-order valence-corrected chi connectivity index (χ1v) is 4.81. The van der Waals surface area contributed by atoms with Gasteiger partial charge in [-0.1, -0.05) is 0 Å². The van der Waals surface area contributed by atoms with E-state index in [2.05, 4.69) is 9.97 Å². The standard InChI is InChI=1S/C11H12N2O2/c1-3-14-10-9(5-4-6-12-10)11-13-8(2)7-15-11/h4-7H,3H2,1-2H3. The Hall–Kier alpha value is -1.84. The van der Waals surface area contributed by atoms with Crippen LogP contribution in [0.3, 0.4) is 0 Å². The molecule has 0 amide bonds. The van der Waals surface area contributed by atoms with Crippen molar-refractivity contribution in [2.45, 2.75) is 13.8 Å². The van der Waals surface area contributed by atoms with E-state index in [1.54, 1.807) is 12.5 Å². The maximum absolute atomic E-state index is 5.39. The van der Waals surface area contributed by atoms with Gasteiger partial charge in [-0.25, -0.2) is 9.97 Å². The molecule has 0 N–H and O–H groups in total. The molecule has 2 aromatic rings. The molecule has 0 atom stereocenters. The lowest BCUT2D eigenvalue weighted by Crippen LogP contribution is -1.96. The molecule has 0 aliphatic rings. The van der Waals surface area contributed by atoms with Crippen LogP contribution in [0.25, 0.3) is 11.5 Å². The molecule has 2 aromatic heterocycles. The molecule has 0 saturated heterocycles. The van der Waals surface area contributed by atoms with Crippen LogP contribution in [0.15, 0.2) is 29.0 Å². The van der Waals surface area contributed by atoms with E-state index >= 15 is 0 Å². The van der Waals surface area contributed by atoms with Crippen LogP contribution >= 0.6 is 0 Å². The van der Waals surface area contributed by atoms with Gasteiger partial charge in [0.05, 0.1) is 17.9 Å². The third-order valence-corrected chi connectivity index (χ3v) is 1.90. The summed E-state index contributed by atoms with van der Waals surface area (Å²) in [5, 5.41) is 0. The quantitative estimate of drug-likeness (QED) is 0.770. The monoisotopic (exact) mass is 204 g/mol. The van der Waals surface area contributed by atoms with Crippen LogP contribution in [-0.2, 0) is 0 Å². The molecule has 0 spiro atoms. The summed E-state index contributed by atoms with van der Waals surface area (Å²) >= 11 is 0. The van der Waals surface area contributed by atoms with Gasteiger partial charge in [-0.05, 0) is 26.0 Å². The molecular weight excluding hydrogens is 192 g/mol. The second-order valence-electron chi connectivity index (χ2n) is 3.08. The lowest BCUT2D eigenvalue weighted by atomic mass is 10.3. The van der Waals surface area contributed by atoms with E-state index in [4.69, 9.17) is 9.15 Å². The van der Waals surface area contributed by atoms with Crippen LogP contribution in [0.4, 0.5) is 0 Å². The van der Waals surface area contributed by atoms with Crippen molar-refractivity contribution < 1.29 is 9.15 Å². The van der Waals surface area contributed by atoms with Gasteiger partial charge < -0.3 is 9.15 Å². The highest BCUT2D eigenvalue weighted by molar-refractivity contribution is 5.59. The van der Waals surface area contributed by atoms with Gasteiger partial charge in [0, 0.05) is 6.20 Å². The van der Waals surface area contributed by atoms with Crippen LogP contribution in [0.1, 0.15) is 12.6 Å². The molecule has 4 heteroatoms. The summed E-state index contributed by atoms with van der Waals surface area (Å²) in [6.45, 7) is 4.37. The van der Waals surface area contributed by atoms with Gasteiger partial charge >= 0.3 is 0 Å². The first-order chi connectivity index (χ1) is 7.31. The third-order valence-electron chi connectivity index (χ3n) is 1.90. The molecule has 0 fully saturated rings. The van der Waals surface area contributed by atoms with E-state index in [9.17, 15) is 0 Å². The molecule has 0 aromatic carbocycles. The number of hydrogen-bond donors (Lipinski definition) is 0. The van der Waals surface area contributed by atoms with E-state index < -0.39 is 0 Å². The second kappa shape index (κ2) is 4.13. The molecule has 2 rings (SSSR count). The Morgan fingerprint density at radius 1 is 1.47 bits per heavy atom. The Bertz CT molecular complexity index is 451. The molecular formula is C11H12N2O2. The Balaban J connectivity index is 2.42. The Labute approximate surface area is 87.9 Å². The van der Waals surface area contributed by atoms with Gasteiger partial charge in [0.25, 0.3) is 0 Å². The van der Waals surface area contributed by atoms with Crippen molar-refractivity contribution in [3.05, 3.63) is 30.3 Å². The Morgan fingerprint density at radius 2 is 2.33 bits per heavy atom.